The Morgan fingerprint density at radius 2 is 1.66 bits per heavy atom. The van der Waals surface area contributed by atoms with Gasteiger partial charge in [0.2, 0.25) is 11.8 Å². The Labute approximate surface area is 203 Å². The monoisotopic (exact) mass is 491 g/mol. The molecule has 0 aromatic heterocycles. The van der Waals surface area contributed by atoms with Gasteiger partial charge in [-0.15, -0.1) is 0 Å². The Morgan fingerprint density at radius 3 is 2.31 bits per heavy atom. The number of amides is 2. The van der Waals surface area contributed by atoms with Crippen molar-refractivity contribution in [1.29, 1.82) is 0 Å². The zero-order valence-electron chi connectivity index (χ0n) is 18.0. The largest absolute Gasteiger partial charge is 0.325 e. The minimum atomic E-state index is -0.555. The van der Waals surface area contributed by atoms with Gasteiger partial charge < -0.3 is 5.32 Å². The predicted octanol–water partition coefficient (Wildman–Crippen LogP) is 6.92. The third-order valence-electron chi connectivity index (χ3n) is 5.08. The maximum atomic E-state index is 13.0. The molecule has 1 saturated heterocycles. The SMILES string of the molecule is CCCCCCCN1C(=O)CC(C(=O)Nc2ccc(Cl)cc2)SC1=Nc1ccc(Cl)cc1. The first kappa shape index (κ1) is 24.6. The van der Waals surface area contributed by atoms with E-state index in [9.17, 15) is 9.59 Å². The molecular weight excluding hydrogens is 465 g/mol. The smallest absolute Gasteiger partial charge is 0.238 e. The summed E-state index contributed by atoms with van der Waals surface area (Å²) in [6.07, 6.45) is 5.64. The van der Waals surface area contributed by atoms with E-state index in [4.69, 9.17) is 23.2 Å². The van der Waals surface area contributed by atoms with E-state index in [1.807, 2.05) is 0 Å². The molecule has 3 rings (SSSR count). The van der Waals surface area contributed by atoms with Crippen molar-refractivity contribution in [1.82, 2.24) is 4.90 Å². The van der Waals surface area contributed by atoms with Gasteiger partial charge in [-0.2, -0.15) is 0 Å². The molecule has 1 unspecified atom stereocenters. The fourth-order valence-electron chi connectivity index (χ4n) is 3.32. The van der Waals surface area contributed by atoms with Gasteiger partial charge in [0, 0.05) is 28.7 Å². The molecular formula is C24H27Cl2N3O2S. The third kappa shape index (κ3) is 7.26. The Morgan fingerprint density at radius 1 is 1.03 bits per heavy atom. The Hall–Kier alpha value is -2.02. The molecule has 32 heavy (non-hydrogen) atoms. The lowest BCUT2D eigenvalue weighted by Gasteiger charge is -2.32. The highest BCUT2D eigenvalue weighted by Crippen LogP contribution is 2.30. The lowest BCUT2D eigenvalue weighted by molar-refractivity contribution is -0.129. The van der Waals surface area contributed by atoms with Crippen molar-refractivity contribution in [2.24, 2.45) is 4.99 Å². The number of carbonyl (C=O) groups is 2. The molecule has 0 saturated carbocycles. The first-order valence-corrected chi connectivity index (χ1v) is 12.5. The molecule has 5 nitrogen and oxygen atoms in total. The fraction of sp³-hybridized carbons (Fsp3) is 0.375. The number of hydrogen-bond donors (Lipinski definition) is 1. The lowest BCUT2D eigenvalue weighted by Crippen LogP contribution is -2.45. The highest BCUT2D eigenvalue weighted by atomic mass is 35.5. The molecule has 8 heteroatoms. The molecule has 2 amide bonds. The van der Waals surface area contributed by atoms with Gasteiger partial charge in [0.15, 0.2) is 5.17 Å². The van der Waals surface area contributed by atoms with Crippen LogP contribution in [0.15, 0.2) is 53.5 Å². The highest BCUT2D eigenvalue weighted by Gasteiger charge is 2.35. The van der Waals surface area contributed by atoms with Crippen molar-refractivity contribution in [2.45, 2.75) is 50.7 Å². The molecule has 2 aromatic carbocycles. The summed E-state index contributed by atoms with van der Waals surface area (Å²) in [5, 5.41) is 4.08. The first-order chi connectivity index (χ1) is 15.5. The van der Waals surface area contributed by atoms with Crippen LogP contribution in [0.2, 0.25) is 10.0 Å². The summed E-state index contributed by atoms with van der Waals surface area (Å²) < 4.78 is 0. The van der Waals surface area contributed by atoms with Crippen LogP contribution >= 0.6 is 35.0 Å². The lowest BCUT2D eigenvalue weighted by atomic mass is 10.1. The van der Waals surface area contributed by atoms with Gasteiger partial charge in [-0.3, -0.25) is 14.5 Å². The van der Waals surface area contributed by atoms with Crippen LogP contribution in [-0.2, 0) is 9.59 Å². The topological polar surface area (TPSA) is 61.8 Å². The number of nitrogens with zero attached hydrogens (tertiary/aromatic N) is 2. The molecule has 0 aliphatic carbocycles. The van der Waals surface area contributed by atoms with E-state index < -0.39 is 5.25 Å². The molecule has 0 radical (unpaired) electrons. The number of unbranched alkanes of at least 4 members (excludes halogenated alkanes) is 4. The van der Waals surface area contributed by atoms with Crippen LogP contribution in [0, 0.1) is 0 Å². The summed E-state index contributed by atoms with van der Waals surface area (Å²) >= 11 is 13.2. The number of nitrogens with one attached hydrogen (secondary N) is 1. The number of thioether (sulfide) groups is 1. The molecule has 0 spiro atoms. The van der Waals surface area contributed by atoms with Crippen LogP contribution in [0.4, 0.5) is 11.4 Å². The molecule has 1 atom stereocenters. The van der Waals surface area contributed by atoms with Crippen LogP contribution in [0.1, 0.15) is 45.4 Å². The second-order valence-electron chi connectivity index (χ2n) is 7.64. The van der Waals surface area contributed by atoms with Gasteiger partial charge in [0.05, 0.1) is 5.69 Å². The van der Waals surface area contributed by atoms with Gasteiger partial charge in [-0.05, 0) is 55.0 Å². The van der Waals surface area contributed by atoms with Crippen LogP contribution in [0.25, 0.3) is 0 Å². The van der Waals surface area contributed by atoms with Crippen molar-refractivity contribution in [2.75, 3.05) is 11.9 Å². The Bertz CT molecular complexity index is 949. The quantitative estimate of drug-likeness (QED) is 0.387. The molecule has 0 bridgehead atoms. The van der Waals surface area contributed by atoms with Gasteiger partial charge in [-0.25, -0.2) is 4.99 Å². The molecule has 1 aliphatic heterocycles. The molecule has 1 aliphatic rings. The van der Waals surface area contributed by atoms with E-state index >= 15 is 0 Å². The number of benzene rings is 2. The summed E-state index contributed by atoms with van der Waals surface area (Å²) in [7, 11) is 0. The number of amidine groups is 1. The first-order valence-electron chi connectivity index (χ1n) is 10.8. The Kier molecular flexibility index (Phi) is 9.45. The third-order valence-corrected chi connectivity index (χ3v) is 6.77. The maximum Gasteiger partial charge on any atom is 0.238 e. The van der Waals surface area contributed by atoms with Crippen molar-refractivity contribution < 1.29 is 9.59 Å². The van der Waals surface area contributed by atoms with E-state index in [0.29, 0.717) is 33.1 Å². The van der Waals surface area contributed by atoms with Crippen molar-refractivity contribution >= 4 is 63.3 Å². The van der Waals surface area contributed by atoms with Gasteiger partial charge >= 0.3 is 0 Å². The average molecular weight is 492 g/mol. The van der Waals surface area contributed by atoms with E-state index in [1.54, 1.807) is 53.4 Å². The van der Waals surface area contributed by atoms with Gasteiger partial charge in [0.1, 0.15) is 5.25 Å². The number of aliphatic imine (C=N–C) groups is 1. The molecule has 1 fully saturated rings. The molecule has 1 heterocycles. The van der Waals surface area contributed by atoms with Gasteiger partial charge in [-0.1, -0.05) is 67.6 Å². The van der Waals surface area contributed by atoms with Crippen LogP contribution < -0.4 is 5.32 Å². The predicted molar refractivity (Wildman–Crippen MR) is 135 cm³/mol. The van der Waals surface area contributed by atoms with Crippen LogP contribution in [0.5, 0.6) is 0 Å². The normalized spacial score (nSPS) is 17.6. The molecule has 170 valence electrons. The number of halogens is 2. The van der Waals surface area contributed by atoms with E-state index in [2.05, 4.69) is 17.2 Å². The van der Waals surface area contributed by atoms with E-state index in [1.165, 1.54) is 24.6 Å². The van der Waals surface area contributed by atoms with Crippen LogP contribution in [0.3, 0.4) is 0 Å². The van der Waals surface area contributed by atoms with Crippen molar-refractivity contribution in [3.8, 4) is 0 Å². The minimum Gasteiger partial charge on any atom is -0.325 e. The minimum absolute atomic E-state index is 0.0804. The van der Waals surface area contributed by atoms with Crippen molar-refractivity contribution in [3.63, 3.8) is 0 Å². The van der Waals surface area contributed by atoms with Gasteiger partial charge in [0.25, 0.3) is 0 Å². The maximum absolute atomic E-state index is 13.0. The summed E-state index contributed by atoms with van der Waals surface area (Å²) in [4.78, 5) is 32.3. The second kappa shape index (κ2) is 12.3. The second-order valence-corrected chi connectivity index (χ2v) is 9.68. The Balaban J connectivity index is 1.74. The molecule has 2 aromatic rings. The van der Waals surface area contributed by atoms with E-state index in [0.717, 1.165) is 19.3 Å². The summed E-state index contributed by atoms with van der Waals surface area (Å²) in [5.74, 6) is -0.305. The van der Waals surface area contributed by atoms with E-state index in [-0.39, 0.29) is 18.2 Å². The van der Waals surface area contributed by atoms with Crippen LogP contribution in [-0.4, -0.2) is 33.7 Å². The van der Waals surface area contributed by atoms with Crippen molar-refractivity contribution in [3.05, 3.63) is 58.6 Å². The number of anilines is 1. The summed E-state index contributed by atoms with van der Waals surface area (Å²) in [6.45, 7) is 2.78. The highest BCUT2D eigenvalue weighted by molar-refractivity contribution is 8.15. The summed E-state index contributed by atoms with van der Waals surface area (Å²) in [6, 6.07) is 14.0. The average Bonchev–Trinajstić information content (AvgIpc) is 2.78. The number of hydrogen-bond acceptors (Lipinski definition) is 4. The standard InChI is InChI=1S/C24H27Cl2N3O2S/c1-2-3-4-5-6-15-29-22(30)16-21(23(31)27-19-11-7-17(25)8-12-19)32-24(29)28-20-13-9-18(26)10-14-20/h7-14,21H,2-6,15-16H2,1H3,(H,27,31). The summed E-state index contributed by atoms with van der Waals surface area (Å²) in [5.41, 5.74) is 1.33. The number of rotatable bonds is 9. The molecule has 1 N–H and O–H groups in total. The number of carbonyl (C=O) groups excluding carboxylic acids is 2. The zero-order chi connectivity index (χ0) is 22.9. The zero-order valence-corrected chi connectivity index (χ0v) is 20.3. The fourth-order valence-corrected chi connectivity index (χ4v) is 4.69.